The smallest absolute Gasteiger partial charge is 0.154 e. The molecule has 0 aliphatic carbocycles. The average Bonchev–Trinajstić information content (AvgIpc) is 3.26. The molecule has 0 amide bonds. The van der Waals surface area contributed by atoms with Crippen LogP contribution in [0.5, 0.6) is 0 Å². The predicted molar refractivity (Wildman–Crippen MR) is 137 cm³/mol. The van der Waals surface area contributed by atoms with Crippen molar-refractivity contribution in [2.75, 3.05) is 0 Å². The van der Waals surface area contributed by atoms with Crippen LogP contribution < -0.4 is 4.72 Å². The van der Waals surface area contributed by atoms with Crippen molar-refractivity contribution in [3.05, 3.63) is 72.2 Å². The lowest BCUT2D eigenvalue weighted by Crippen LogP contribution is -2.41. The van der Waals surface area contributed by atoms with Gasteiger partial charge in [-0.05, 0) is 57.5 Å². The van der Waals surface area contributed by atoms with Crippen LogP contribution in [-0.4, -0.2) is 34.2 Å². The molecule has 0 fully saturated rings. The number of aliphatic hydroxyl groups is 1. The summed E-state index contributed by atoms with van der Waals surface area (Å²) in [6.45, 7) is 7.89. The third-order valence-corrected chi connectivity index (χ3v) is 7.16. The summed E-state index contributed by atoms with van der Waals surface area (Å²) in [7, 11) is 0. The first-order valence-corrected chi connectivity index (χ1v) is 12.7. The Hall–Kier alpha value is -2.78. The Morgan fingerprint density at radius 3 is 2.62 bits per heavy atom. The molecule has 178 valence electrons. The van der Waals surface area contributed by atoms with Gasteiger partial charge in [-0.25, -0.2) is 9.67 Å². The van der Waals surface area contributed by atoms with Crippen LogP contribution >= 0.6 is 0 Å². The number of fused-ring (bicyclic) bond motifs is 1. The van der Waals surface area contributed by atoms with Crippen molar-refractivity contribution < 1.29 is 9.66 Å². The summed E-state index contributed by atoms with van der Waals surface area (Å²) in [5.41, 5.74) is 4.18. The fourth-order valence-electron chi connectivity index (χ4n) is 3.70. The zero-order valence-electron chi connectivity index (χ0n) is 20.0. The van der Waals surface area contributed by atoms with Crippen LogP contribution in [0, 0.1) is 0 Å². The minimum Gasteiger partial charge on any atom is -0.598 e. The van der Waals surface area contributed by atoms with Crippen LogP contribution in [0.3, 0.4) is 0 Å². The van der Waals surface area contributed by atoms with E-state index in [9.17, 15) is 9.66 Å². The number of hydrogen-bond donors (Lipinski definition) is 2. The van der Waals surface area contributed by atoms with E-state index < -0.39 is 11.4 Å². The standard InChI is InChI=1S/C26H31N5O2S/c1-5-8-23(30-34(33)26(2,3)4)22-11-7-10-21(29-22)18-13-14-19-16-27-31(24(19)15-18)25-12-6-9-20(17-32)28-25/h6-7,9-16,23,30,32H,5,8,17H2,1-4H3/t23-,34+/m0/s1. The van der Waals surface area contributed by atoms with Crippen LogP contribution in [0.1, 0.15) is 58.0 Å². The second kappa shape index (κ2) is 10.2. The highest BCUT2D eigenvalue weighted by molar-refractivity contribution is 7.90. The van der Waals surface area contributed by atoms with Crippen molar-refractivity contribution in [2.24, 2.45) is 0 Å². The Bertz CT molecular complexity index is 1270. The van der Waals surface area contributed by atoms with Gasteiger partial charge in [-0.3, -0.25) is 4.98 Å². The topological polar surface area (TPSA) is 98.9 Å². The molecular formula is C26H31N5O2S. The molecule has 0 spiro atoms. The lowest BCUT2D eigenvalue weighted by molar-refractivity contribution is 0.276. The summed E-state index contributed by atoms with van der Waals surface area (Å²) in [5.74, 6) is 0.650. The van der Waals surface area contributed by atoms with Crippen molar-refractivity contribution in [2.45, 2.75) is 57.9 Å². The molecule has 8 heteroatoms. The number of hydrogen-bond acceptors (Lipinski definition) is 6. The Balaban J connectivity index is 1.70. The average molecular weight is 478 g/mol. The Kier molecular flexibility index (Phi) is 7.33. The van der Waals surface area contributed by atoms with Crippen molar-refractivity contribution in [1.82, 2.24) is 24.5 Å². The second-order valence-corrected chi connectivity index (χ2v) is 11.3. The molecule has 3 heterocycles. The first-order valence-electron chi connectivity index (χ1n) is 11.5. The van der Waals surface area contributed by atoms with Gasteiger partial charge in [0, 0.05) is 22.3 Å². The molecule has 3 aromatic heterocycles. The Morgan fingerprint density at radius 1 is 1.09 bits per heavy atom. The second-order valence-electron chi connectivity index (χ2n) is 9.26. The van der Waals surface area contributed by atoms with Gasteiger partial charge in [-0.2, -0.15) is 5.10 Å². The maximum Gasteiger partial charge on any atom is 0.154 e. The van der Waals surface area contributed by atoms with E-state index in [4.69, 9.17) is 4.98 Å². The van der Waals surface area contributed by atoms with Gasteiger partial charge in [-0.15, -0.1) is 4.72 Å². The van der Waals surface area contributed by atoms with E-state index in [1.165, 1.54) is 0 Å². The van der Waals surface area contributed by atoms with E-state index in [1.807, 2.05) is 63.2 Å². The highest BCUT2D eigenvalue weighted by Gasteiger charge is 2.30. The molecule has 4 aromatic rings. The van der Waals surface area contributed by atoms with Crippen LogP contribution in [0.15, 0.2) is 60.8 Å². The number of aliphatic hydroxyl groups excluding tert-OH is 1. The van der Waals surface area contributed by atoms with Crippen LogP contribution in [0.4, 0.5) is 0 Å². The number of aromatic nitrogens is 4. The van der Waals surface area contributed by atoms with Crippen molar-refractivity contribution in [3.63, 3.8) is 0 Å². The van der Waals surface area contributed by atoms with Gasteiger partial charge in [0.05, 0.1) is 41.4 Å². The highest BCUT2D eigenvalue weighted by atomic mass is 32.2. The Morgan fingerprint density at radius 2 is 1.88 bits per heavy atom. The zero-order valence-corrected chi connectivity index (χ0v) is 20.8. The molecule has 0 saturated carbocycles. The maximum absolute atomic E-state index is 12.8. The van der Waals surface area contributed by atoms with Gasteiger partial charge in [0.15, 0.2) is 5.82 Å². The summed E-state index contributed by atoms with van der Waals surface area (Å²) in [6.07, 6.45) is 3.60. The first-order chi connectivity index (χ1) is 16.3. The SMILES string of the molecule is CCC[C@H](N[S@+]([O-])C(C)(C)C)c1cccc(-c2ccc3cnn(-c4cccc(CO)n4)c3c2)n1. The predicted octanol–water partition coefficient (Wildman–Crippen LogP) is 4.87. The quantitative estimate of drug-likeness (QED) is 0.351. The van der Waals surface area contributed by atoms with Gasteiger partial charge < -0.3 is 9.66 Å². The minimum absolute atomic E-state index is 0.0929. The molecule has 0 saturated heterocycles. The molecule has 0 aliphatic heterocycles. The van der Waals surface area contributed by atoms with E-state index in [-0.39, 0.29) is 17.4 Å². The first kappa shape index (κ1) is 24.3. The third-order valence-electron chi connectivity index (χ3n) is 5.55. The Labute approximate surface area is 203 Å². The molecule has 34 heavy (non-hydrogen) atoms. The van der Waals surface area contributed by atoms with E-state index >= 15 is 0 Å². The van der Waals surface area contributed by atoms with Crippen molar-refractivity contribution >= 4 is 22.3 Å². The van der Waals surface area contributed by atoms with Crippen molar-refractivity contribution in [1.29, 1.82) is 0 Å². The normalized spacial score (nSPS) is 13.8. The molecule has 1 aromatic carbocycles. The molecule has 0 aliphatic rings. The van der Waals surface area contributed by atoms with Crippen LogP contribution in [0.2, 0.25) is 0 Å². The van der Waals surface area contributed by atoms with Gasteiger partial charge in [0.2, 0.25) is 0 Å². The zero-order chi connectivity index (χ0) is 24.3. The molecule has 2 N–H and O–H groups in total. The molecule has 0 radical (unpaired) electrons. The fourth-order valence-corrected chi connectivity index (χ4v) is 4.55. The summed E-state index contributed by atoms with van der Waals surface area (Å²) in [4.78, 5) is 9.43. The number of rotatable bonds is 8. The molecular weight excluding hydrogens is 446 g/mol. The summed E-state index contributed by atoms with van der Waals surface area (Å²) in [6, 6.07) is 17.5. The number of nitrogens with zero attached hydrogens (tertiary/aromatic N) is 4. The third kappa shape index (κ3) is 5.31. The van der Waals surface area contributed by atoms with Crippen molar-refractivity contribution in [3.8, 4) is 17.1 Å². The fraction of sp³-hybridized carbons (Fsp3) is 0.346. The lowest BCUT2D eigenvalue weighted by Gasteiger charge is -2.27. The highest BCUT2D eigenvalue weighted by Crippen LogP contribution is 2.28. The summed E-state index contributed by atoms with van der Waals surface area (Å²) < 4.78 is 17.5. The van der Waals surface area contributed by atoms with E-state index in [0.717, 1.165) is 40.7 Å². The van der Waals surface area contributed by atoms with Crippen LogP contribution in [-0.2, 0) is 18.0 Å². The largest absolute Gasteiger partial charge is 0.598 e. The molecule has 0 unspecified atom stereocenters. The molecule has 2 atom stereocenters. The number of pyridine rings is 2. The van der Waals surface area contributed by atoms with Crippen LogP contribution in [0.25, 0.3) is 28.0 Å². The minimum atomic E-state index is -1.19. The summed E-state index contributed by atoms with van der Waals surface area (Å²) >= 11 is -1.19. The van der Waals surface area contributed by atoms with Gasteiger partial charge in [0.25, 0.3) is 0 Å². The molecule has 0 bridgehead atoms. The molecule has 4 rings (SSSR count). The monoisotopic (exact) mass is 477 g/mol. The van der Waals surface area contributed by atoms with Gasteiger partial charge in [0.1, 0.15) is 4.75 Å². The number of benzene rings is 1. The van der Waals surface area contributed by atoms with Gasteiger partial charge in [-0.1, -0.05) is 37.6 Å². The maximum atomic E-state index is 12.8. The molecule has 7 nitrogen and oxygen atoms in total. The lowest BCUT2D eigenvalue weighted by atomic mass is 10.1. The van der Waals surface area contributed by atoms with E-state index in [2.05, 4.69) is 27.8 Å². The van der Waals surface area contributed by atoms with E-state index in [0.29, 0.717) is 11.5 Å². The van der Waals surface area contributed by atoms with Gasteiger partial charge >= 0.3 is 0 Å². The number of nitrogens with one attached hydrogen (secondary N) is 1. The van der Waals surface area contributed by atoms with E-state index in [1.54, 1.807) is 16.9 Å². The summed E-state index contributed by atoms with van der Waals surface area (Å²) in [5, 5.41) is 14.9.